The molecule has 0 aromatic heterocycles. The molecule has 3 aromatic carbocycles. The lowest BCUT2D eigenvalue weighted by Crippen LogP contribution is -2.48. The van der Waals surface area contributed by atoms with E-state index in [1.165, 1.54) is 24.3 Å². The van der Waals surface area contributed by atoms with E-state index in [-0.39, 0.29) is 0 Å². The van der Waals surface area contributed by atoms with E-state index in [1.54, 1.807) is 13.8 Å². The van der Waals surface area contributed by atoms with Crippen LogP contribution in [-0.4, -0.2) is 11.1 Å². The van der Waals surface area contributed by atoms with Crippen LogP contribution >= 0.6 is 0 Å². The average molecular weight is 426 g/mol. The molecule has 1 unspecified atom stereocenters. The highest BCUT2D eigenvalue weighted by atomic mass is 16.5. The molecule has 1 atom stereocenters. The second kappa shape index (κ2) is 9.25. The summed E-state index contributed by atoms with van der Waals surface area (Å²) in [5, 5.41) is 23.8. The first-order valence-electron chi connectivity index (χ1n) is 9.94. The molecule has 0 heterocycles. The van der Waals surface area contributed by atoms with Crippen molar-refractivity contribution < 1.29 is 14.6 Å². The summed E-state index contributed by atoms with van der Waals surface area (Å²) in [6, 6.07) is 24.9. The molecule has 32 heavy (non-hydrogen) atoms. The fraction of sp³-hybridized carbons (Fsp3) is 0.200. The Morgan fingerprint density at radius 1 is 1.06 bits per heavy atom. The van der Waals surface area contributed by atoms with Crippen LogP contribution in [0.1, 0.15) is 25.0 Å². The Labute approximate surface area is 186 Å². The third kappa shape index (κ3) is 4.41. The van der Waals surface area contributed by atoms with Crippen molar-refractivity contribution in [3.8, 4) is 17.6 Å². The van der Waals surface area contributed by atoms with Gasteiger partial charge in [0.1, 0.15) is 11.5 Å². The van der Waals surface area contributed by atoms with Crippen LogP contribution in [0.25, 0.3) is 10.4 Å². The summed E-state index contributed by atoms with van der Waals surface area (Å²) >= 11 is 0. The molecule has 0 saturated heterocycles. The predicted molar refractivity (Wildman–Crippen MR) is 121 cm³/mol. The molecule has 160 valence electrons. The van der Waals surface area contributed by atoms with Crippen LogP contribution < -0.4 is 4.74 Å². The minimum Gasteiger partial charge on any atom is -0.480 e. The van der Waals surface area contributed by atoms with Gasteiger partial charge in [0, 0.05) is 16.0 Å². The number of para-hydroxylation sites is 1. The number of nitriles is 1. The van der Waals surface area contributed by atoms with Gasteiger partial charge in [-0.2, -0.15) is 5.26 Å². The van der Waals surface area contributed by atoms with Crippen molar-refractivity contribution in [2.24, 2.45) is 10.5 Å². The number of nitrogens with zero attached hydrogens (tertiary/aromatic N) is 4. The summed E-state index contributed by atoms with van der Waals surface area (Å²) in [5.41, 5.74) is 7.30. The molecule has 0 saturated carbocycles. The Hall–Kier alpha value is -4.27. The molecular weight excluding hydrogens is 404 g/mol. The monoisotopic (exact) mass is 426 g/mol. The largest absolute Gasteiger partial charge is 0.480 e. The van der Waals surface area contributed by atoms with Crippen LogP contribution in [0.15, 0.2) is 84.0 Å². The van der Waals surface area contributed by atoms with Gasteiger partial charge in [0.2, 0.25) is 0 Å². The minimum atomic E-state index is -1.82. The molecule has 0 amide bonds. The SMILES string of the molecule is CC(C)(Cc1cccc(Oc2ccccc2)c1)C(C#N)(C(=O)O)c1ccc(N=[N+]=[N-])cc1. The van der Waals surface area contributed by atoms with Crippen molar-refractivity contribution in [1.82, 2.24) is 0 Å². The Balaban J connectivity index is 1.96. The molecule has 1 N–H and O–H groups in total. The standard InChI is InChI=1S/C25H22N4O3/c1-24(2,16-18-7-6-10-22(15-18)32-21-8-4-3-5-9-21)25(17-26,23(30)31)19-11-13-20(14-12-19)28-29-27/h3-15H,16H2,1-2H3,(H,30,31). The fourth-order valence-electron chi connectivity index (χ4n) is 3.88. The normalized spacial score (nSPS) is 12.7. The molecular formula is C25H22N4O3. The minimum absolute atomic E-state index is 0.316. The average Bonchev–Trinajstić information content (AvgIpc) is 2.76. The lowest BCUT2D eigenvalue weighted by Gasteiger charge is -2.39. The number of hydrogen-bond acceptors (Lipinski definition) is 4. The van der Waals surface area contributed by atoms with E-state index in [2.05, 4.69) is 16.1 Å². The zero-order chi connectivity index (χ0) is 23.2. The number of carboxylic acids is 1. The van der Waals surface area contributed by atoms with E-state index < -0.39 is 16.8 Å². The van der Waals surface area contributed by atoms with Crippen molar-refractivity contribution in [2.75, 3.05) is 0 Å². The first-order chi connectivity index (χ1) is 15.3. The number of benzene rings is 3. The number of hydrogen-bond donors (Lipinski definition) is 1. The zero-order valence-corrected chi connectivity index (χ0v) is 17.8. The van der Waals surface area contributed by atoms with E-state index in [9.17, 15) is 15.2 Å². The Morgan fingerprint density at radius 3 is 2.31 bits per heavy atom. The smallest absolute Gasteiger partial charge is 0.329 e. The van der Waals surface area contributed by atoms with Gasteiger partial charge in [-0.05, 0) is 47.3 Å². The molecule has 0 spiro atoms. The molecule has 0 aliphatic carbocycles. The number of azide groups is 1. The van der Waals surface area contributed by atoms with Gasteiger partial charge >= 0.3 is 5.97 Å². The zero-order valence-electron chi connectivity index (χ0n) is 17.8. The van der Waals surface area contributed by atoms with Gasteiger partial charge in [-0.25, -0.2) is 0 Å². The quantitative estimate of drug-likeness (QED) is 0.250. The number of rotatable bonds is 8. The van der Waals surface area contributed by atoms with Crippen molar-refractivity contribution in [1.29, 1.82) is 5.26 Å². The number of carboxylic acid groups (broad SMARTS) is 1. The van der Waals surface area contributed by atoms with Crippen molar-refractivity contribution in [3.05, 3.63) is 100 Å². The number of aliphatic carboxylic acids is 1. The maximum absolute atomic E-state index is 12.5. The summed E-state index contributed by atoms with van der Waals surface area (Å²) in [6.45, 7) is 3.52. The molecule has 0 radical (unpaired) electrons. The van der Waals surface area contributed by atoms with Gasteiger partial charge < -0.3 is 9.84 Å². The van der Waals surface area contributed by atoms with Gasteiger partial charge in [0.05, 0.1) is 6.07 Å². The van der Waals surface area contributed by atoms with Gasteiger partial charge in [-0.1, -0.05) is 73.6 Å². The highest BCUT2D eigenvalue weighted by Gasteiger charge is 2.53. The number of ether oxygens (including phenoxy) is 1. The van der Waals surface area contributed by atoms with E-state index in [4.69, 9.17) is 10.3 Å². The van der Waals surface area contributed by atoms with Gasteiger partial charge in [0.25, 0.3) is 0 Å². The molecule has 0 fully saturated rings. The summed E-state index contributed by atoms with van der Waals surface area (Å²) in [7, 11) is 0. The van der Waals surface area contributed by atoms with E-state index in [0.717, 1.165) is 5.56 Å². The van der Waals surface area contributed by atoms with E-state index >= 15 is 0 Å². The molecule has 0 aliphatic rings. The van der Waals surface area contributed by atoms with Crippen LogP contribution in [0.2, 0.25) is 0 Å². The summed E-state index contributed by atoms with van der Waals surface area (Å²) in [4.78, 5) is 15.2. The van der Waals surface area contributed by atoms with Gasteiger partial charge in [-0.3, -0.25) is 4.79 Å². The molecule has 3 aromatic rings. The predicted octanol–water partition coefficient (Wildman–Crippen LogP) is 6.54. The topological polar surface area (TPSA) is 119 Å². The molecule has 7 nitrogen and oxygen atoms in total. The molecule has 0 bridgehead atoms. The summed E-state index contributed by atoms with van der Waals surface area (Å²) in [6.07, 6.45) is 0.316. The first-order valence-corrected chi connectivity index (χ1v) is 9.94. The van der Waals surface area contributed by atoms with Crippen LogP contribution in [0.5, 0.6) is 11.5 Å². The van der Waals surface area contributed by atoms with Gasteiger partial charge in [0.15, 0.2) is 5.41 Å². The van der Waals surface area contributed by atoms with Crippen molar-refractivity contribution in [3.63, 3.8) is 0 Å². The van der Waals surface area contributed by atoms with Gasteiger partial charge in [-0.15, -0.1) is 0 Å². The Bertz CT molecular complexity index is 1190. The van der Waals surface area contributed by atoms with Crippen LogP contribution in [-0.2, 0) is 16.6 Å². The first kappa shape index (κ1) is 22.4. The third-order valence-electron chi connectivity index (χ3n) is 5.49. The highest BCUT2D eigenvalue weighted by molar-refractivity contribution is 5.86. The number of carbonyl (C=O) groups is 1. The second-order valence-electron chi connectivity index (χ2n) is 8.03. The van der Waals surface area contributed by atoms with Crippen LogP contribution in [0.4, 0.5) is 5.69 Å². The maximum atomic E-state index is 12.5. The third-order valence-corrected chi connectivity index (χ3v) is 5.49. The van der Waals surface area contributed by atoms with E-state index in [0.29, 0.717) is 29.2 Å². The van der Waals surface area contributed by atoms with Crippen molar-refractivity contribution >= 4 is 11.7 Å². The van der Waals surface area contributed by atoms with Crippen molar-refractivity contribution in [2.45, 2.75) is 25.7 Å². The summed E-state index contributed by atoms with van der Waals surface area (Å²) < 4.78 is 5.89. The second-order valence-corrected chi connectivity index (χ2v) is 8.03. The maximum Gasteiger partial charge on any atom is 0.329 e. The highest BCUT2D eigenvalue weighted by Crippen LogP contribution is 2.45. The Morgan fingerprint density at radius 2 is 1.72 bits per heavy atom. The molecule has 0 aliphatic heterocycles. The van der Waals surface area contributed by atoms with E-state index in [1.807, 2.05) is 54.6 Å². The van der Waals surface area contributed by atoms with Crippen LogP contribution in [0, 0.1) is 16.7 Å². The lowest BCUT2D eigenvalue weighted by atomic mass is 9.60. The molecule has 7 heteroatoms. The lowest BCUT2D eigenvalue weighted by molar-refractivity contribution is -0.145. The summed E-state index contributed by atoms with van der Waals surface area (Å²) in [5.74, 6) is 0.0836. The van der Waals surface area contributed by atoms with Crippen LogP contribution in [0.3, 0.4) is 0 Å². The molecule has 3 rings (SSSR count). The fourth-order valence-corrected chi connectivity index (χ4v) is 3.88. The Kier molecular flexibility index (Phi) is 6.48.